The van der Waals surface area contributed by atoms with E-state index in [0.717, 1.165) is 106 Å². The van der Waals surface area contributed by atoms with Gasteiger partial charge in [0.2, 0.25) is 12.3 Å². The maximum absolute atomic E-state index is 13.5. The molecule has 4 N–H and O–H groups in total. The van der Waals surface area contributed by atoms with E-state index >= 15 is 0 Å². The number of aryl methyl sites for hydroxylation is 1. The number of rotatable bonds is 12. The van der Waals surface area contributed by atoms with E-state index in [2.05, 4.69) is 79.8 Å². The van der Waals surface area contributed by atoms with Crippen LogP contribution in [-0.4, -0.2) is 68.0 Å². The van der Waals surface area contributed by atoms with Crippen LogP contribution in [0.2, 0.25) is 0 Å². The molecule has 2 saturated heterocycles. The number of ether oxygens (including phenoxy) is 2. The van der Waals surface area contributed by atoms with Crippen molar-refractivity contribution in [1.29, 1.82) is 0 Å². The number of aromatic amines is 2. The van der Waals surface area contributed by atoms with Crippen LogP contribution in [0.25, 0.3) is 44.7 Å². The molecule has 9 rings (SSSR count). The normalized spacial score (nSPS) is 19.5. The Balaban J connectivity index is 1.04. The number of carbonyl (C=O) groups is 2. The molecule has 0 saturated carbocycles. The second-order valence-corrected chi connectivity index (χ2v) is 15.6. The first-order valence-electron chi connectivity index (χ1n) is 19.8. The zero-order valence-corrected chi connectivity index (χ0v) is 32.0. The SMILES string of the molecule is COc1cccc(CCC2Oc3cc(-c4cnc(C5CCCN5C(=O)[C@@H](NC=O)C(C)C)[nH]4)ccc3-c3cc4cc(-c5cnc([C@@H]6CCCN6)[nH]5)ccc4n32)c1. The van der Waals surface area contributed by atoms with E-state index in [1.165, 1.54) is 12.0 Å². The summed E-state index contributed by atoms with van der Waals surface area (Å²) in [7, 11) is 1.70. The molecule has 0 aliphatic carbocycles. The van der Waals surface area contributed by atoms with Gasteiger partial charge >= 0.3 is 0 Å². The van der Waals surface area contributed by atoms with E-state index in [4.69, 9.17) is 19.4 Å². The number of hydrogen-bond acceptors (Lipinski definition) is 7. The molecule has 3 aliphatic heterocycles. The van der Waals surface area contributed by atoms with Crippen LogP contribution < -0.4 is 20.1 Å². The molecule has 2 fully saturated rings. The summed E-state index contributed by atoms with van der Waals surface area (Å²) in [6, 6.07) is 23.0. The third kappa shape index (κ3) is 6.61. The van der Waals surface area contributed by atoms with Crippen molar-refractivity contribution in [3.63, 3.8) is 0 Å². The number of likely N-dealkylation sites (tertiary alicyclic amines) is 1. The molecule has 0 bridgehead atoms. The molecule has 12 heteroatoms. The highest BCUT2D eigenvalue weighted by Crippen LogP contribution is 2.45. The van der Waals surface area contributed by atoms with Crippen molar-refractivity contribution in [1.82, 2.24) is 40.0 Å². The number of H-pyrrole nitrogens is 2. The number of methoxy groups -OCH3 is 1. The van der Waals surface area contributed by atoms with Crippen molar-refractivity contribution in [2.24, 2.45) is 5.92 Å². The summed E-state index contributed by atoms with van der Waals surface area (Å²) >= 11 is 0. The van der Waals surface area contributed by atoms with Crippen LogP contribution in [0.3, 0.4) is 0 Å². The minimum Gasteiger partial charge on any atom is -0.497 e. The summed E-state index contributed by atoms with van der Waals surface area (Å²) in [6.07, 6.45) is 9.64. The predicted molar refractivity (Wildman–Crippen MR) is 215 cm³/mol. The first-order valence-corrected chi connectivity index (χ1v) is 19.8. The molecule has 0 spiro atoms. The van der Waals surface area contributed by atoms with Gasteiger partial charge in [0.15, 0.2) is 6.23 Å². The van der Waals surface area contributed by atoms with Crippen molar-refractivity contribution < 1.29 is 19.1 Å². The van der Waals surface area contributed by atoms with Crippen LogP contribution >= 0.6 is 0 Å². The Morgan fingerprint density at radius 2 is 1.79 bits per heavy atom. The minimum absolute atomic E-state index is 0.0275. The molecule has 4 atom stereocenters. The summed E-state index contributed by atoms with van der Waals surface area (Å²) in [5.41, 5.74) is 8.34. The fourth-order valence-electron chi connectivity index (χ4n) is 8.77. The van der Waals surface area contributed by atoms with E-state index in [9.17, 15) is 9.59 Å². The molecule has 3 aliphatic rings. The molecular formula is C44H48N8O4. The number of imidazole rings is 2. The average molecular weight is 753 g/mol. The predicted octanol–water partition coefficient (Wildman–Crippen LogP) is 7.48. The van der Waals surface area contributed by atoms with Gasteiger partial charge in [-0.15, -0.1) is 0 Å². The summed E-state index contributed by atoms with van der Waals surface area (Å²) in [5, 5.41) is 7.40. The first-order chi connectivity index (χ1) is 27.4. The van der Waals surface area contributed by atoms with E-state index in [1.54, 1.807) is 7.11 Å². The van der Waals surface area contributed by atoms with Gasteiger partial charge in [0.1, 0.15) is 29.2 Å². The molecule has 288 valence electrons. The molecule has 3 aromatic heterocycles. The number of nitrogens with one attached hydrogen (secondary N) is 4. The minimum atomic E-state index is -0.572. The molecule has 12 nitrogen and oxygen atoms in total. The van der Waals surface area contributed by atoms with Crippen LogP contribution in [0.1, 0.15) is 81.5 Å². The van der Waals surface area contributed by atoms with Gasteiger partial charge in [0.25, 0.3) is 0 Å². The Bertz CT molecular complexity index is 2390. The first kappa shape index (κ1) is 35.8. The van der Waals surface area contributed by atoms with Gasteiger partial charge in [-0.1, -0.05) is 38.1 Å². The number of benzene rings is 3. The molecule has 56 heavy (non-hydrogen) atoms. The lowest BCUT2D eigenvalue weighted by Gasteiger charge is -2.30. The van der Waals surface area contributed by atoms with Gasteiger partial charge in [-0.05, 0) is 92.6 Å². The molecule has 0 radical (unpaired) electrons. The molecular weight excluding hydrogens is 705 g/mol. The molecule has 6 aromatic rings. The largest absolute Gasteiger partial charge is 0.497 e. The van der Waals surface area contributed by atoms with Gasteiger partial charge < -0.3 is 39.5 Å². The Morgan fingerprint density at radius 3 is 2.57 bits per heavy atom. The van der Waals surface area contributed by atoms with E-state index in [1.807, 2.05) is 43.3 Å². The Labute approximate surface area is 326 Å². The zero-order valence-electron chi connectivity index (χ0n) is 32.0. The second-order valence-electron chi connectivity index (χ2n) is 15.6. The molecule has 2 amide bonds. The number of nitrogens with zero attached hydrogens (tertiary/aromatic N) is 4. The van der Waals surface area contributed by atoms with Crippen molar-refractivity contribution in [3.8, 4) is 45.3 Å². The van der Waals surface area contributed by atoms with Gasteiger partial charge in [-0.3, -0.25) is 9.59 Å². The van der Waals surface area contributed by atoms with Crippen LogP contribution in [-0.2, 0) is 16.0 Å². The van der Waals surface area contributed by atoms with E-state index < -0.39 is 6.04 Å². The highest BCUT2D eigenvalue weighted by atomic mass is 16.5. The monoisotopic (exact) mass is 752 g/mol. The maximum Gasteiger partial charge on any atom is 0.246 e. The second kappa shape index (κ2) is 15.0. The van der Waals surface area contributed by atoms with Crippen LogP contribution in [0, 0.1) is 5.92 Å². The lowest BCUT2D eigenvalue weighted by Crippen LogP contribution is -2.48. The topological polar surface area (TPSA) is 142 Å². The van der Waals surface area contributed by atoms with Gasteiger partial charge in [-0.25, -0.2) is 9.97 Å². The fraction of sp³-hybridized carbons (Fsp3) is 0.364. The summed E-state index contributed by atoms with van der Waals surface area (Å²) in [4.78, 5) is 43.3. The van der Waals surface area contributed by atoms with Crippen molar-refractivity contribution in [2.45, 2.75) is 76.7 Å². The van der Waals surface area contributed by atoms with Crippen LogP contribution in [0.4, 0.5) is 0 Å². The Kier molecular flexibility index (Phi) is 9.58. The zero-order chi connectivity index (χ0) is 38.3. The highest BCUT2D eigenvalue weighted by Gasteiger charge is 2.37. The maximum atomic E-state index is 13.5. The fourth-order valence-corrected chi connectivity index (χ4v) is 8.77. The number of fused-ring (bicyclic) bond motifs is 5. The summed E-state index contributed by atoms with van der Waals surface area (Å²) < 4.78 is 14.8. The van der Waals surface area contributed by atoms with E-state index in [-0.39, 0.29) is 30.1 Å². The van der Waals surface area contributed by atoms with Crippen molar-refractivity contribution in [3.05, 3.63) is 96.3 Å². The van der Waals surface area contributed by atoms with E-state index in [0.29, 0.717) is 13.0 Å². The Morgan fingerprint density at radius 1 is 0.982 bits per heavy atom. The summed E-state index contributed by atoms with van der Waals surface area (Å²) in [6.45, 7) is 5.54. The average Bonchev–Trinajstić information content (AvgIpc) is 4.07. The van der Waals surface area contributed by atoms with Gasteiger partial charge in [0, 0.05) is 35.0 Å². The van der Waals surface area contributed by atoms with Crippen molar-refractivity contribution in [2.75, 3.05) is 20.2 Å². The number of hydrogen-bond donors (Lipinski definition) is 4. The highest BCUT2D eigenvalue weighted by molar-refractivity contribution is 5.92. The smallest absolute Gasteiger partial charge is 0.246 e. The lowest BCUT2D eigenvalue weighted by molar-refractivity contribution is -0.137. The van der Waals surface area contributed by atoms with Crippen LogP contribution in [0.15, 0.2) is 79.1 Å². The number of amides is 2. The third-order valence-corrected chi connectivity index (χ3v) is 11.7. The lowest BCUT2D eigenvalue weighted by atomic mass is 10.0. The standard InChI is InChI=1S/C44H48N8O4/c1-26(2)41(48-25-53)44(54)51-18-6-10-37(51)43-47-24-35(50-43)29-12-14-32-38-21-30-20-28(34-23-46-42(49-34)33-9-5-17-45-33)13-15-36(30)52(38)40(56-39(32)22-29)16-11-27-7-4-8-31(19-27)55-3/h4,7-8,12-15,19-26,33,37,40-41,45H,5-6,9-11,16-18H2,1-3H3,(H,46,49)(H,47,50)(H,48,53)/t33-,37?,40?,41-/m0/s1. The molecule has 3 aromatic carbocycles. The number of carbonyl (C=O) groups excluding carboxylic acids is 2. The van der Waals surface area contributed by atoms with Gasteiger partial charge in [0.05, 0.1) is 54.2 Å². The molecule has 2 unspecified atom stereocenters. The van der Waals surface area contributed by atoms with Gasteiger partial charge in [-0.2, -0.15) is 0 Å². The van der Waals surface area contributed by atoms with Crippen molar-refractivity contribution >= 4 is 23.2 Å². The quantitative estimate of drug-likeness (QED) is 0.0950. The Hall–Kier alpha value is -5.88. The molecule has 6 heterocycles. The number of aromatic nitrogens is 5. The van der Waals surface area contributed by atoms with Crippen LogP contribution in [0.5, 0.6) is 11.5 Å². The third-order valence-electron chi connectivity index (χ3n) is 11.7. The summed E-state index contributed by atoms with van der Waals surface area (Å²) in [5.74, 6) is 3.29.